The lowest BCUT2D eigenvalue weighted by atomic mass is 10.2. The van der Waals surface area contributed by atoms with Gasteiger partial charge in [-0.2, -0.15) is 4.31 Å². The number of thiophene rings is 1. The Hall–Kier alpha value is -1.85. The lowest BCUT2D eigenvalue weighted by Crippen LogP contribution is -2.30. The van der Waals surface area contributed by atoms with Crippen molar-refractivity contribution in [3.8, 4) is 11.5 Å². The molecule has 2 heterocycles. The molecule has 0 saturated carbocycles. The minimum absolute atomic E-state index is 0.203. The largest absolute Gasteiger partial charge is 0.409 e. The van der Waals surface area contributed by atoms with Gasteiger partial charge in [0.1, 0.15) is 0 Å². The summed E-state index contributed by atoms with van der Waals surface area (Å²) in [6.07, 6.45) is 0. The van der Waals surface area contributed by atoms with Crippen molar-refractivity contribution in [1.82, 2.24) is 19.0 Å². The highest BCUT2D eigenvalue weighted by Crippen LogP contribution is 2.26. The molecule has 0 spiro atoms. The molecular weight excluding hydrogens is 440 g/mol. The van der Waals surface area contributed by atoms with Crippen LogP contribution < -0.4 is 0 Å². The molecule has 0 N–H and O–H groups in total. The van der Waals surface area contributed by atoms with E-state index < -0.39 is 10.0 Å². The first kappa shape index (κ1) is 22.8. The van der Waals surface area contributed by atoms with E-state index in [1.807, 2.05) is 27.0 Å². The van der Waals surface area contributed by atoms with E-state index in [0.29, 0.717) is 31.2 Å². The van der Waals surface area contributed by atoms with Gasteiger partial charge in [-0.3, -0.25) is 4.90 Å². The summed E-state index contributed by atoms with van der Waals surface area (Å²) < 4.78 is 34.4. The summed E-state index contributed by atoms with van der Waals surface area (Å²) in [7, 11) is -1.57. The lowest BCUT2D eigenvalue weighted by molar-refractivity contribution is 0.195. The second kappa shape index (κ2) is 9.52. The van der Waals surface area contributed by atoms with Crippen LogP contribution in [0.5, 0.6) is 0 Å². The quantitative estimate of drug-likeness (QED) is 0.429. The molecule has 0 unspecified atom stereocenters. The highest BCUT2D eigenvalue weighted by Gasteiger charge is 2.23. The van der Waals surface area contributed by atoms with E-state index in [-0.39, 0.29) is 15.8 Å². The van der Waals surface area contributed by atoms with Crippen LogP contribution in [0.2, 0.25) is 0 Å². The van der Waals surface area contributed by atoms with Gasteiger partial charge in [0.15, 0.2) is 0 Å². The van der Waals surface area contributed by atoms with E-state index in [2.05, 4.69) is 28.4 Å². The maximum absolute atomic E-state index is 12.8. The van der Waals surface area contributed by atoms with E-state index in [0.717, 1.165) is 0 Å². The third-order valence-corrected chi connectivity index (χ3v) is 8.39. The molecule has 1 atom stereocenters. The number of sulfonamides is 1. The van der Waals surface area contributed by atoms with E-state index in [1.54, 1.807) is 40.3 Å². The van der Waals surface area contributed by atoms with Crippen LogP contribution in [0, 0.1) is 4.84 Å². The van der Waals surface area contributed by atoms with Crippen molar-refractivity contribution >= 4 is 33.6 Å². The molecule has 0 aliphatic rings. The standard InChI is InChI=1S/C20H26N4O3S3/c1-5-23(6-2)30(25,26)17-10-7-9-16(13-17)19-21-24(20(28)27-19)14-22(4)15(3)18-11-8-12-29-18/h7-13,15H,5-6,14H2,1-4H3/t15-/m1/s1. The molecule has 10 heteroatoms. The Kier molecular flexibility index (Phi) is 7.25. The van der Waals surface area contributed by atoms with Crippen molar-refractivity contribution in [3.05, 3.63) is 51.5 Å². The number of hydrogen-bond acceptors (Lipinski definition) is 7. The molecule has 0 aliphatic carbocycles. The molecular formula is C20H26N4O3S3. The summed E-state index contributed by atoms with van der Waals surface area (Å²) in [5.41, 5.74) is 0.571. The number of rotatable bonds is 9. The maximum atomic E-state index is 12.8. The van der Waals surface area contributed by atoms with Crippen LogP contribution in [-0.2, 0) is 16.7 Å². The molecule has 0 fully saturated rings. The van der Waals surface area contributed by atoms with Crippen molar-refractivity contribution in [3.63, 3.8) is 0 Å². The molecule has 0 aliphatic heterocycles. The Morgan fingerprint density at radius 2 is 1.97 bits per heavy atom. The van der Waals surface area contributed by atoms with Crippen LogP contribution in [0.25, 0.3) is 11.5 Å². The van der Waals surface area contributed by atoms with E-state index >= 15 is 0 Å². The zero-order valence-electron chi connectivity index (χ0n) is 17.5. The molecule has 0 radical (unpaired) electrons. The maximum Gasteiger partial charge on any atom is 0.288 e. The Bertz CT molecular complexity index is 1130. The Morgan fingerprint density at radius 1 is 1.23 bits per heavy atom. The van der Waals surface area contributed by atoms with Crippen LogP contribution in [0.15, 0.2) is 51.1 Å². The molecule has 3 rings (SSSR count). The number of benzene rings is 1. The summed E-state index contributed by atoms with van der Waals surface area (Å²) in [6, 6.07) is 11.0. The minimum Gasteiger partial charge on any atom is -0.409 e. The van der Waals surface area contributed by atoms with Gasteiger partial charge in [-0.15, -0.1) is 16.4 Å². The van der Waals surface area contributed by atoms with Gasteiger partial charge in [0.05, 0.1) is 11.6 Å². The van der Waals surface area contributed by atoms with Gasteiger partial charge in [0, 0.05) is 29.6 Å². The average molecular weight is 467 g/mol. The first-order valence-corrected chi connectivity index (χ1v) is 12.4. The Labute approximate surface area is 186 Å². The smallest absolute Gasteiger partial charge is 0.288 e. The third-order valence-electron chi connectivity index (χ3n) is 5.00. The molecule has 0 saturated heterocycles. The van der Waals surface area contributed by atoms with Crippen molar-refractivity contribution < 1.29 is 12.8 Å². The van der Waals surface area contributed by atoms with E-state index in [1.165, 1.54) is 9.18 Å². The monoisotopic (exact) mass is 466 g/mol. The second-order valence-corrected chi connectivity index (χ2v) is 10.1. The summed E-state index contributed by atoms with van der Waals surface area (Å²) >= 11 is 7.05. The minimum atomic E-state index is -3.57. The van der Waals surface area contributed by atoms with Gasteiger partial charge in [0.25, 0.3) is 4.84 Å². The van der Waals surface area contributed by atoms with Gasteiger partial charge < -0.3 is 4.42 Å². The van der Waals surface area contributed by atoms with Crippen molar-refractivity contribution in [2.45, 2.75) is 38.4 Å². The van der Waals surface area contributed by atoms with Crippen molar-refractivity contribution in [1.29, 1.82) is 0 Å². The predicted molar refractivity (Wildman–Crippen MR) is 121 cm³/mol. The molecule has 2 aromatic heterocycles. The van der Waals surface area contributed by atoms with Gasteiger partial charge >= 0.3 is 0 Å². The number of hydrogen-bond donors (Lipinski definition) is 0. The topological polar surface area (TPSA) is 71.6 Å². The lowest BCUT2D eigenvalue weighted by Gasteiger charge is -2.22. The molecule has 7 nitrogen and oxygen atoms in total. The van der Waals surface area contributed by atoms with Crippen molar-refractivity contribution in [2.75, 3.05) is 20.1 Å². The van der Waals surface area contributed by atoms with E-state index in [9.17, 15) is 8.42 Å². The normalized spacial score (nSPS) is 13.3. The zero-order valence-corrected chi connectivity index (χ0v) is 19.9. The first-order chi connectivity index (χ1) is 14.3. The fraction of sp³-hybridized carbons (Fsp3) is 0.400. The van der Waals surface area contributed by atoms with Gasteiger partial charge in [-0.1, -0.05) is 26.0 Å². The number of aromatic nitrogens is 2. The second-order valence-electron chi connectivity index (χ2n) is 6.88. The Morgan fingerprint density at radius 3 is 2.60 bits per heavy atom. The van der Waals surface area contributed by atoms with Crippen LogP contribution in [0.4, 0.5) is 0 Å². The zero-order chi connectivity index (χ0) is 21.9. The van der Waals surface area contributed by atoms with Gasteiger partial charge in [-0.25, -0.2) is 13.1 Å². The molecule has 0 bridgehead atoms. The summed E-state index contributed by atoms with van der Waals surface area (Å²) in [5, 5.41) is 6.55. The summed E-state index contributed by atoms with van der Waals surface area (Å²) in [5.74, 6) is 0.300. The van der Waals surface area contributed by atoms with Crippen LogP contribution in [0.3, 0.4) is 0 Å². The molecule has 3 aromatic rings. The SMILES string of the molecule is CCN(CC)S(=O)(=O)c1cccc(-c2nn(CN(C)[C@H](C)c3cccs3)c(=S)o2)c1. The van der Waals surface area contributed by atoms with Crippen LogP contribution in [0.1, 0.15) is 31.7 Å². The molecule has 0 amide bonds. The highest BCUT2D eigenvalue weighted by molar-refractivity contribution is 7.89. The van der Waals surface area contributed by atoms with Crippen molar-refractivity contribution in [2.24, 2.45) is 0 Å². The summed E-state index contributed by atoms with van der Waals surface area (Å²) in [6.45, 7) is 7.04. The fourth-order valence-electron chi connectivity index (χ4n) is 3.09. The first-order valence-electron chi connectivity index (χ1n) is 9.70. The summed E-state index contributed by atoms with van der Waals surface area (Å²) in [4.78, 5) is 3.83. The molecule has 1 aromatic carbocycles. The third kappa shape index (κ3) is 4.73. The fourth-order valence-corrected chi connectivity index (χ4v) is 5.62. The average Bonchev–Trinajstić information content (AvgIpc) is 3.39. The highest BCUT2D eigenvalue weighted by atomic mass is 32.2. The van der Waals surface area contributed by atoms with Gasteiger partial charge in [0.2, 0.25) is 15.9 Å². The molecule has 162 valence electrons. The molecule has 30 heavy (non-hydrogen) atoms. The predicted octanol–water partition coefficient (Wildman–Crippen LogP) is 4.62. The van der Waals surface area contributed by atoms with Crippen LogP contribution >= 0.6 is 23.6 Å². The van der Waals surface area contributed by atoms with Crippen LogP contribution in [-0.4, -0.2) is 47.5 Å². The van der Waals surface area contributed by atoms with E-state index in [4.69, 9.17) is 16.6 Å². The number of nitrogens with zero attached hydrogens (tertiary/aromatic N) is 4. The van der Waals surface area contributed by atoms with Gasteiger partial charge in [-0.05, 0) is 55.8 Å². The Balaban J connectivity index is 1.86.